The average molecular weight is 204 g/mol. The van der Waals surface area contributed by atoms with Crippen LogP contribution in [0.3, 0.4) is 0 Å². The Kier molecular flexibility index (Phi) is 5.66. The van der Waals surface area contributed by atoms with Gasteiger partial charge in [0, 0.05) is 5.88 Å². The van der Waals surface area contributed by atoms with Crippen molar-refractivity contribution in [1.29, 1.82) is 0 Å². The van der Waals surface area contributed by atoms with Gasteiger partial charge in [-0.3, -0.25) is 4.90 Å². The molecule has 5 heteroatoms. The molecule has 0 heterocycles. The molecule has 0 aliphatic carbocycles. The molecule has 0 amide bonds. The maximum Gasteiger partial charge on any atom is 0.401 e. The van der Waals surface area contributed by atoms with E-state index in [9.17, 15) is 13.2 Å². The van der Waals surface area contributed by atoms with Gasteiger partial charge in [0.25, 0.3) is 0 Å². The number of hydrogen-bond donors (Lipinski definition) is 0. The smallest absolute Gasteiger partial charge is 0.295 e. The van der Waals surface area contributed by atoms with Crippen LogP contribution in [0.4, 0.5) is 13.2 Å². The molecule has 12 heavy (non-hydrogen) atoms. The van der Waals surface area contributed by atoms with E-state index in [4.69, 9.17) is 11.6 Å². The van der Waals surface area contributed by atoms with Gasteiger partial charge in [-0.05, 0) is 19.5 Å². The summed E-state index contributed by atoms with van der Waals surface area (Å²) in [5, 5.41) is 0. The first-order chi connectivity index (χ1) is 5.49. The second-order valence-electron chi connectivity index (χ2n) is 2.53. The molecule has 0 fully saturated rings. The number of hydrogen-bond acceptors (Lipinski definition) is 1. The summed E-state index contributed by atoms with van der Waals surface area (Å²) in [4.78, 5) is 1.34. The predicted octanol–water partition coefficient (Wildman–Crippen LogP) is 2.50. The molecule has 0 radical (unpaired) electrons. The third-order valence-electron chi connectivity index (χ3n) is 1.46. The van der Waals surface area contributed by atoms with Gasteiger partial charge in [0.1, 0.15) is 0 Å². The summed E-state index contributed by atoms with van der Waals surface area (Å²) in [6.45, 7) is 1.70. The molecule has 74 valence electrons. The Morgan fingerprint density at radius 3 is 2.25 bits per heavy atom. The van der Waals surface area contributed by atoms with Crippen molar-refractivity contribution >= 4 is 11.6 Å². The van der Waals surface area contributed by atoms with Crippen LogP contribution in [0.1, 0.15) is 13.3 Å². The van der Waals surface area contributed by atoms with Crippen molar-refractivity contribution in [3.05, 3.63) is 0 Å². The van der Waals surface area contributed by atoms with Gasteiger partial charge in [-0.25, -0.2) is 0 Å². The molecule has 0 aromatic rings. The summed E-state index contributed by atoms with van der Waals surface area (Å²) in [5.41, 5.74) is 0. The zero-order valence-corrected chi connectivity index (χ0v) is 7.75. The van der Waals surface area contributed by atoms with E-state index < -0.39 is 12.7 Å². The van der Waals surface area contributed by atoms with Crippen LogP contribution < -0.4 is 0 Å². The minimum atomic E-state index is -4.09. The fourth-order valence-corrected chi connectivity index (χ4v) is 1.01. The molecule has 1 nitrogen and oxygen atoms in total. The normalized spacial score (nSPS) is 12.5. The molecule has 0 N–H and O–H groups in total. The highest BCUT2D eigenvalue weighted by atomic mass is 35.5. The van der Waals surface area contributed by atoms with Crippen LogP contribution in [-0.2, 0) is 0 Å². The molecule has 0 saturated heterocycles. The summed E-state index contributed by atoms with van der Waals surface area (Å²) >= 11 is 5.37. The van der Waals surface area contributed by atoms with E-state index in [1.54, 1.807) is 6.92 Å². The van der Waals surface area contributed by atoms with Crippen LogP contribution in [0.5, 0.6) is 0 Å². The van der Waals surface area contributed by atoms with Gasteiger partial charge in [-0.2, -0.15) is 13.2 Å². The predicted molar refractivity (Wildman–Crippen MR) is 43.5 cm³/mol. The lowest BCUT2D eigenvalue weighted by atomic mass is 10.4. The molecule has 0 aromatic carbocycles. The van der Waals surface area contributed by atoms with E-state index in [2.05, 4.69) is 0 Å². The monoisotopic (exact) mass is 203 g/mol. The lowest BCUT2D eigenvalue weighted by Gasteiger charge is -2.21. The molecule has 0 aliphatic rings. The summed E-state index contributed by atoms with van der Waals surface area (Å²) in [6.07, 6.45) is -3.49. The largest absolute Gasteiger partial charge is 0.401 e. The van der Waals surface area contributed by atoms with Crippen molar-refractivity contribution in [2.75, 3.05) is 25.5 Å². The fourth-order valence-electron chi connectivity index (χ4n) is 0.886. The minimum Gasteiger partial charge on any atom is -0.295 e. The Labute approximate surface area is 75.5 Å². The van der Waals surface area contributed by atoms with E-state index >= 15 is 0 Å². The van der Waals surface area contributed by atoms with E-state index in [0.717, 1.165) is 0 Å². The van der Waals surface area contributed by atoms with E-state index in [1.807, 2.05) is 0 Å². The Hall–Kier alpha value is 0.0400. The molecular formula is C7H13ClF3N. The van der Waals surface area contributed by atoms with Crippen molar-refractivity contribution in [3.8, 4) is 0 Å². The van der Waals surface area contributed by atoms with E-state index in [1.165, 1.54) is 4.90 Å². The molecule has 0 spiro atoms. The maximum atomic E-state index is 11.8. The van der Waals surface area contributed by atoms with Crippen LogP contribution in [0.25, 0.3) is 0 Å². The first kappa shape index (κ1) is 12.0. The number of rotatable bonds is 5. The highest BCUT2D eigenvalue weighted by molar-refractivity contribution is 6.17. The quantitative estimate of drug-likeness (QED) is 0.621. The fraction of sp³-hybridized carbons (Fsp3) is 1.00. The van der Waals surface area contributed by atoms with Gasteiger partial charge >= 0.3 is 6.18 Å². The second kappa shape index (κ2) is 5.65. The average Bonchev–Trinajstić information content (AvgIpc) is 1.95. The molecular weight excluding hydrogens is 191 g/mol. The van der Waals surface area contributed by atoms with Crippen LogP contribution in [0, 0.1) is 0 Å². The first-order valence-electron chi connectivity index (χ1n) is 3.84. The van der Waals surface area contributed by atoms with Crippen LogP contribution >= 0.6 is 11.6 Å². The van der Waals surface area contributed by atoms with Gasteiger partial charge < -0.3 is 0 Å². The van der Waals surface area contributed by atoms with Crippen LogP contribution in [0.15, 0.2) is 0 Å². The van der Waals surface area contributed by atoms with Gasteiger partial charge in [0.15, 0.2) is 0 Å². The molecule has 0 unspecified atom stereocenters. The van der Waals surface area contributed by atoms with Gasteiger partial charge in [-0.1, -0.05) is 6.92 Å². The minimum absolute atomic E-state index is 0.411. The van der Waals surface area contributed by atoms with Gasteiger partial charge in [-0.15, -0.1) is 11.6 Å². The Morgan fingerprint density at radius 1 is 1.33 bits per heavy atom. The molecule has 0 bridgehead atoms. The van der Waals surface area contributed by atoms with Crippen LogP contribution in [0.2, 0.25) is 0 Å². The van der Waals surface area contributed by atoms with Gasteiger partial charge in [0.2, 0.25) is 0 Å². The standard InChI is InChI=1S/C7H13ClF3N/c1-2-12(5-3-4-8)6-7(9,10)11/h2-6H2,1H3. The van der Waals surface area contributed by atoms with E-state index in [0.29, 0.717) is 25.4 Å². The van der Waals surface area contributed by atoms with Crippen molar-refractivity contribution in [2.24, 2.45) is 0 Å². The molecule has 0 aromatic heterocycles. The summed E-state index contributed by atoms with van der Waals surface area (Å²) in [5.74, 6) is 0.411. The number of nitrogens with zero attached hydrogens (tertiary/aromatic N) is 1. The molecule has 0 rings (SSSR count). The second-order valence-corrected chi connectivity index (χ2v) is 2.90. The number of halogens is 4. The summed E-state index contributed by atoms with van der Waals surface area (Å²) < 4.78 is 35.5. The highest BCUT2D eigenvalue weighted by Gasteiger charge is 2.29. The number of alkyl halides is 4. The molecule has 0 atom stereocenters. The molecule has 0 aliphatic heterocycles. The molecule has 0 saturated carbocycles. The topological polar surface area (TPSA) is 3.24 Å². The first-order valence-corrected chi connectivity index (χ1v) is 4.38. The SMILES string of the molecule is CCN(CCCCl)CC(F)(F)F. The van der Waals surface area contributed by atoms with Crippen molar-refractivity contribution in [1.82, 2.24) is 4.90 Å². The Bertz CT molecular complexity index is 116. The van der Waals surface area contributed by atoms with Gasteiger partial charge in [0.05, 0.1) is 6.54 Å². The highest BCUT2D eigenvalue weighted by Crippen LogP contribution is 2.16. The summed E-state index contributed by atoms with van der Waals surface area (Å²) in [6, 6.07) is 0. The third kappa shape index (κ3) is 6.73. The zero-order chi connectivity index (χ0) is 9.61. The maximum absolute atomic E-state index is 11.8. The Balaban J connectivity index is 3.67. The van der Waals surface area contributed by atoms with Crippen molar-refractivity contribution < 1.29 is 13.2 Å². The van der Waals surface area contributed by atoms with Crippen LogP contribution in [-0.4, -0.2) is 36.6 Å². The van der Waals surface area contributed by atoms with Crippen molar-refractivity contribution in [3.63, 3.8) is 0 Å². The lowest BCUT2D eigenvalue weighted by Crippen LogP contribution is -2.34. The third-order valence-corrected chi connectivity index (χ3v) is 1.73. The zero-order valence-electron chi connectivity index (χ0n) is 6.99. The lowest BCUT2D eigenvalue weighted by molar-refractivity contribution is -0.145. The van der Waals surface area contributed by atoms with E-state index in [-0.39, 0.29) is 0 Å². The Morgan fingerprint density at radius 2 is 1.92 bits per heavy atom. The summed E-state index contributed by atoms with van der Waals surface area (Å²) in [7, 11) is 0. The van der Waals surface area contributed by atoms with Crippen molar-refractivity contribution in [2.45, 2.75) is 19.5 Å².